The predicted octanol–water partition coefficient (Wildman–Crippen LogP) is 0.234. The molecule has 7 nitrogen and oxygen atoms in total. The van der Waals surface area contributed by atoms with Crippen LogP contribution in [0.4, 0.5) is 0 Å². The highest BCUT2D eigenvalue weighted by molar-refractivity contribution is 7.89. The third kappa shape index (κ3) is 3.18. The first-order valence-electron chi connectivity index (χ1n) is 6.99. The molecule has 1 aromatic heterocycles. The maximum atomic E-state index is 12.0. The van der Waals surface area contributed by atoms with E-state index in [1.165, 1.54) is 18.6 Å². The lowest BCUT2D eigenvalue weighted by molar-refractivity contribution is -0.0449. The van der Waals surface area contributed by atoms with Gasteiger partial charge in [-0.1, -0.05) is 0 Å². The fourth-order valence-corrected chi connectivity index (χ4v) is 3.83. The Morgan fingerprint density at radius 2 is 2.29 bits per heavy atom. The summed E-state index contributed by atoms with van der Waals surface area (Å²) < 4.78 is 37.2. The van der Waals surface area contributed by atoms with Crippen molar-refractivity contribution in [3.8, 4) is 0 Å². The molecule has 2 unspecified atom stereocenters. The van der Waals surface area contributed by atoms with Gasteiger partial charge in [-0.2, -0.15) is 0 Å². The summed E-state index contributed by atoms with van der Waals surface area (Å²) in [6.07, 6.45) is 2.64. The van der Waals surface area contributed by atoms with Crippen LogP contribution in [0, 0.1) is 0 Å². The van der Waals surface area contributed by atoms with E-state index in [9.17, 15) is 13.2 Å². The molecule has 1 N–H and O–H groups in total. The second-order valence-electron chi connectivity index (χ2n) is 5.37. The Bertz CT molecular complexity index is 612. The topological polar surface area (TPSA) is 88.9 Å². The average Bonchev–Trinajstić information content (AvgIpc) is 3.13. The normalized spacial score (nSPS) is 26.7. The Morgan fingerprint density at radius 1 is 1.43 bits per heavy atom. The quantitative estimate of drug-likeness (QED) is 0.783. The largest absolute Gasteiger partial charge is 0.440 e. The number of aldehydes is 1. The van der Waals surface area contributed by atoms with Gasteiger partial charge in [0.1, 0.15) is 0 Å². The van der Waals surface area contributed by atoms with E-state index < -0.39 is 10.0 Å². The van der Waals surface area contributed by atoms with Crippen LogP contribution in [0.5, 0.6) is 0 Å². The number of nitrogens with zero attached hydrogens (tertiary/aromatic N) is 1. The van der Waals surface area contributed by atoms with Crippen molar-refractivity contribution in [2.24, 2.45) is 0 Å². The molecular formula is C13H18N2O5S. The van der Waals surface area contributed by atoms with E-state index in [0.717, 1.165) is 19.5 Å². The molecule has 2 fully saturated rings. The van der Waals surface area contributed by atoms with E-state index in [1.54, 1.807) is 0 Å². The minimum Gasteiger partial charge on any atom is -0.440 e. The molecule has 2 atom stereocenters. The highest BCUT2D eigenvalue weighted by Gasteiger charge is 2.32. The molecule has 21 heavy (non-hydrogen) atoms. The number of hydrogen-bond donors (Lipinski definition) is 1. The lowest BCUT2D eigenvalue weighted by Gasteiger charge is -2.35. The lowest BCUT2D eigenvalue weighted by Crippen LogP contribution is -2.50. The van der Waals surface area contributed by atoms with E-state index in [1.807, 2.05) is 0 Å². The molecule has 2 saturated heterocycles. The van der Waals surface area contributed by atoms with Gasteiger partial charge in [0.15, 0.2) is 12.0 Å². The van der Waals surface area contributed by atoms with Crippen LogP contribution in [-0.2, 0) is 14.8 Å². The zero-order chi connectivity index (χ0) is 14.9. The number of carbonyl (C=O) groups excluding carboxylic acids is 1. The van der Waals surface area contributed by atoms with Crippen LogP contribution in [0.25, 0.3) is 0 Å². The van der Waals surface area contributed by atoms with E-state index in [2.05, 4.69) is 9.62 Å². The Labute approximate surface area is 123 Å². The highest BCUT2D eigenvalue weighted by Crippen LogP contribution is 2.22. The Morgan fingerprint density at radius 3 is 3.05 bits per heavy atom. The van der Waals surface area contributed by atoms with Crippen molar-refractivity contribution in [3.05, 3.63) is 17.9 Å². The molecule has 0 aromatic carbocycles. The first kappa shape index (κ1) is 14.7. The van der Waals surface area contributed by atoms with Crippen LogP contribution < -0.4 is 4.72 Å². The molecule has 2 aliphatic heterocycles. The molecule has 0 saturated carbocycles. The highest BCUT2D eigenvalue weighted by atomic mass is 32.2. The van der Waals surface area contributed by atoms with Crippen LogP contribution in [-0.4, -0.2) is 58.0 Å². The standard InChI is InChI=1S/C13H18N2O5S/c16-8-11-3-4-13(20-11)21(17,18)14-6-12-7-15-5-1-2-10(15)9-19-12/h3-4,8,10,12,14H,1-2,5-7,9H2. The van der Waals surface area contributed by atoms with Gasteiger partial charge in [0.05, 0.1) is 12.7 Å². The van der Waals surface area contributed by atoms with Gasteiger partial charge in [0.2, 0.25) is 5.09 Å². The molecule has 3 rings (SSSR count). The van der Waals surface area contributed by atoms with Gasteiger partial charge >= 0.3 is 0 Å². The van der Waals surface area contributed by atoms with Gasteiger partial charge in [-0.15, -0.1) is 0 Å². The number of fused-ring (bicyclic) bond motifs is 1. The van der Waals surface area contributed by atoms with Crippen molar-refractivity contribution in [3.63, 3.8) is 0 Å². The molecule has 0 spiro atoms. The van der Waals surface area contributed by atoms with Gasteiger partial charge in [-0.3, -0.25) is 9.69 Å². The number of furan rings is 1. The summed E-state index contributed by atoms with van der Waals surface area (Å²) in [5, 5.41) is -0.251. The first-order valence-corrected chi connectivity index (χ1v) is 8.47. The fourth-order valence-electron chi connectivity index (χ4n) is 2.83. The first-order chi connectivity index (χ1) is 10.1. The molecule has 0 bridgehead atoms. The number of morpholine rings is 1. The summed E-state index contributed by atoms with van der Waals surface area (Å²) >= 11 is 0. The second kappa shape index (κ2) is 5.88. The van der Waals surface area contributed by atoms with Gasteiger partial charge in [-0.25, -0.2) is 13.1 Å². The van der Waals surface area contributed by atoms with E-state index >= 15 is 0 Å². The molecule has 116 valence electrons. The third-order valence-corrected chi connectivity index (χ3v) is 5.24. The molecule has 2 aliphatic rings. The maximum absolute atomic E-state index is 12.0. The van der Waals surface area contributed by atoms with Crippen molar-refractivity contribution >= 4 is 16.3 Å². The summed E-state index contributed by atoms with van der Waals surface area (Å²) in [7, 11) is -3.75. The Hall–Kier alpha value is -1.22. The minimum absolute atomic E-state index is 0.0100. The van der Waals surface area contributed by atoms with Crippen molar-refractivity contribution < 1.29 is 22.4 Å². The molecule has 0 radical (unpaired) electrons. The van der Waals surface area contributed by atoms with Crippen molar-refractivity contribution in [2.75, 3.05) is 26.2 Å². The molecular weight excluding hydrogens is 296 g/mol. The van der Waals surface area contributed by atoms with Gasteiger partial charge < -0.3 is 9.15 Å². The number of ether oxygens (including phenoxy) is 1. The number of nitrogens with one attached hydrogen (secondary N) is 1. The maximum Gasteiger partial charge on any atom is 0.274 e. The van der Waals surface area contributed by atoms with Gasteiger partial charge in [0, 0.05) is 19.1 Å². The Balaban J connectivity index is 1.57. The molecule has 3 heterocycles. The summed E-state index contributed by atoms with van der Waals surface area (Å²) in [5.41, 5.74) is 0. The zero-order valence-electron chi connectivity index (χ0n) is 11.5. The predicted molar refractivity (Wildman–Crippen MR) is 73.6 cm³/mol. The summed E-state index contributed by atoms with van der Waals surface area (Å²) in [6.45, 7) is 2.65. The van der Waals surface area contributed by atoms with Gasteiger partial charge in [0.25, 0.3) is 10.0 Å². The SMILES string of the molecule is O=Cc1ccc(S(=O)(=O)NCC2CN3CCCC3CO2)o1. The van der Waals surface area contributed by atoms with Gasteiger partial charge in [-0.05, 0) is 31.5 Å². The fraction of sp³-hybridized carbons (Fsp3) is 0.615. The summed E-state index contributed by atoms with van der Waals surface area (Å²) in [5.74, 6) is -0.0100. The van der Waals surface area contributed by atoms with Crippen molar-refractivity contribution in [1.29, 1.82) is 0 Å². The van der Waals surface area contributed by atoms with Crippen LogP contribution >= 0.6 is 0 Å². The van der Waals surface area contributed by atoms with Crippen LogP contribution in [0.3, 0.4) is 0 Å². The summed E-state index contributed by atoms with van der Waals surface area (Å²) in [4.78, 5) is 12.9. The minimum atomic E-state index is -3.75. The molecule has 0 aliphatic carbocycles. The molecule has 1 aromatic rings. The van der Waals surface area contributed by atoms with E-state index in [4.69, 9.17) is 9.15 Å². The number of carbonyl (C=O) groups is 1. The molecule has 0 amide bonds. The Kier molecular flexibility index (Phi) is 4.12. The number of hydrogen-bond acceptors (Lipinski definition) is 6. The van der Waals surface area contributed by atoms with E-state index in [0.29, 0.717) is 18.9 Å². The monoisotopic (exact) mass is 314 g/mol. The smallest absolute Gasteiger partial charge is 0.274 e. The van der Waals surface area contributed by atoms with Crippen LogP contribution in [0.1, 0.15) is 23.4 Å². The van der Waals surface area contributed by atoms with Crippen molar-refractivity contribution in [2.45, 2.75) is 30.1 Å². The average molecular weight is 314 g/mol. The zero-order valence-corrected chi connectivity index (χ0v) is 12.3. The van der Waals surface area contributed by atoms with E-state index in [-0.39, 0.29) is 23.5 Å². The van der Waals surface area contributed by atoms with Crippen molar-refractivity contribution in [1.82, 2.24) is 9.62 Å². The lowest BCUT2D eigenvalue weighted by atomic mass is 10.2. The van der Waals surface area contributed by atoms with Crippen LogP contribution in [0.15, 0.2) is 21.6 Å². The summed E-state index contributed by atoms with van der Waals surface area (Å²) in [6, 6.07) is 3.08. The third-order valence-electron chi connectivity index (χ3n) is 3.95. The number of rotatable bonds is 5. The number of sulfonamides is 1. The second-order valence-corrected chi connectivity index (χ2v) is 7.07. The van der Waals surface area contributed by atoms with Crippen LogP contribution in [0.2, 0.25) is 0 Å². The molecule has 8 heteroatoms.